The molecule has 0 saturated carbocycles. The van der Waals surface area contributed by atoms with E-state index in [0.717, 1.165) is 39.2 Å². The van der Waals surface area contributed by atoms with E-state index in [2.05, 4.69) is 19.2 Å². The average molecular weight is 215 g/mol. The Labute approximate surface area is 93.5 Å². The summed E-state index contributed by atoms with van der Waals surface area (Å²) in [4.78, 5) is 0. The van der Waals surface area contributed by atoms with Crippen LogP contribution in [-0.2, 0) is 9.47 Å². The van der Waals surface area contributed by atoms with Crippen LogP contribution >= 0.6 is 0 Å². The second-order valence-electron chi connectivity index (χ2n) is 4.35. The maximum Gasteiger partial charge on any atom is 0.0830 e. The van der Waals surface area contributed by atoms with Gasteiger partial charge in [-0.05, 0) is 39.2 Å². The van der Waals surface area contributed by atoms with Gasteiger partial charge < -0.3 is 14.8 Å². The normalized spacial score (nSPS) is 23.2. The van der Waals surface area contributed by atoms with Gasteiger partial charge in [0.05, 0.1) is 12.7 Å². The van der Waals surface area contributed by atoms with Crippen LogP contribution in [0.1, 0.15) is 39.5 Å². The van der Waals surface area contributed by atoms with Crippen LogP contribution in [0.25, 0.3) is 0 Å². The first-order valence-corrected chi connectivity index (χ1v) is 6.25. The van der Waals surface area contributed by atoms with Gasteiger partial charge in [0.25, 0.3) is 0 Å². The van der Waals surface area contributed by atoms with Gasteiger partial charge in [-0.3, -0.25) is 0 Å². The first kappa shape index (κ1) is 12.9. The Morgan fingerprint density at radius 2 is 2.40 bits per heavy atom. The molecular weight excluding hydrogens is 190 g/mol. The summed E-state index contributed by atoms with van der Waals surface area (Å²) in [6.07, 6.45) is 5.00. The molecule has 0 aromatic rings. The molecule has 1 heterocycles. The van der Waals surface area contributed by atoms with E-state index >= 15 is 0 Å². The van der Waals surface area contributed by atoms with E-state index in [1.54, 1.807) is 0 Å². The quantitative estimate of drug-likeness (QED) is 0.628. The summed E-state index contributed by atoms with van der Waals surface area (Å²) in [6, 6.07) is 0.619. The van der Waals surface area contributed by atoms with Gasteiger partial charge in [0.15, 0.2) is 0 Å². The summed E-state index contributed by atoms with van der Waals surface area (Å²) < 4.78 is 11.0. The first-order chi connectivity index (χ1) is 7.33. The van der Waals surface area contributed by atoms with E-state index in [1.807, 2.05) is 0 Å². The molecule has 3 heteroatoms. The Kier molecular flexibility index (Phi) is 6.98. The minimum atomic E-state index is 0.365. The predicted octanol–water partition coefficient (Wildman–Crippen LogP) is 1.96. The third kappa shape index (κ3) is 6.13. The average Bonchev–Trinajstić information content (AvgIpc) is 2.74. The molecule has 0 aromatic carbocycles. The van der Waals surface area contributed by atoms with Crippen molar-refractivity contribution in [1.29, 1.82) is 0 Å². The van der Waals surface area contributed by atoms with Crippen molar-refractivity contribution in [1.82, 2.24) is 5.32 Å². The zero-order valence-corrected chi connectivity index (χ0v) is 10.1. The molecule has 0 aromatic heterocycles. The Hall–Kier alpha value is -0.120. The van der Waals surface area contributed by atoms with E-state index in [1.165, 1.54) is 12.8 Å². The van der Waals surface area contributed by atoms with Gasteiger partial charge in [-0.1, -0.05) is 6.92 Å². The smallest absolute Gasteiger partial charge is 0.0830 e. The van der Waals surface area contributed by atoms with Crippen LogP contribution < -0.4 is 5.32 Å². The van der Waals surface area contributed by atoms with Crippen molar-refractivity contribution in [2.45, 2.75) is 51.7 Å². The first-order valence-electron chi connectivity index (χ1n) is 6.25. The Morgan fingerprint density at radius 3 is 3.07 bits per heavy atom. The van der Waals surface area contributed by atoms with Gasteiger partial charge >= 0.3 is 0 Å². The lowest BCUT2D eigenvalue weighted by Gasteiger charge is -2.14. The van der Waals surface area contributed by atoms with E-state index in [4.69, 9.17) is 9.47 Å². The molecule has 1 saturated heterocycles. The molecule has 2 unspecified atom stereocenters. The molecule has 15 heavy (non-hydrogen) atoms. The lowest BCUT2D eigenvalue weighted by atomic mass is 10.2. The van der Waals surface area contributed by atoms with Crippen LogP contribution in [-0.4, -0.2) is 38.5 Å². The van der Waals surface area contributed by atoms with Crippen molar-refractivity contribution >= 4 is 0 Å². The summed E-state index contributed by atoms with van der Waals surface area (Å²) >= 11 is 0. The maximum atomic E-state index is 5.71. The second kappa shape index (κ2) is 8.08. The van der Waals surface area contributed by atoms with Crippen molar-refractivity contribution < 1.29 is 9.47 Å². The predicted molar refractivity (Wildman–Crippen MR) is 62.2 cm³/mol. The molecule has 90 valence electrons. The van der Waals surface area contributed by atoms with E-state index < -0.39 is 0 Å². The number of ether oxygens (including phenoxy) is 2. The van der Waals surface area contributed by atoms with Crippen LogP contribution in [0.2, 0.25) is 0 Å². The highest BCUT2D eigenvalue weighted by Crippen LogP contribution is 2.09. The largest absolute Gasteiger partial charge is 0.379 e. The van der Waals surface area contributed by atoms with Gasteiger partial charge in [-0.25, -0.2) is 0 Å². The molecule has 0 aliphatic carbocycles. The van der Waals surface area contributed by atoms with Crippen LogP contribution in [0.5, 0.6) is 0 Å². The zero-order valence-electron chi connectivity index (χ0n) is 10.1. The van der Waals surface area contributed by atoms with Crippen LogP contribution in [0, 0.1) is 0 Å². The summed E-state index contributed by atoms with van der Waals surface area (Å²) in [7, 11) is 0. The fourth-order valence-electron chi connectivity index (χ4n) is 1.78. The maximum absolute atomic E-state index is 5.71. The molecule has 1 aliphatic rings. The van der Waals surface area contributed by atoms with Crippen molar-refractivity contribution in [3.8, 4) is 0 Å². The molecule has 0 spiro atoms. The zero-order chi connectivity index (χ0) is 10.9. The topological polar surface area (TPSA) is 30.5 Å². The van der Waals surface area contributed by atoms with E-state index in [0.29, 0.717) is 12.1 Å². The van der Waals surface area contributed by atoms with Gasteiger partial charge in [0.1, 0.15) is 0 Å². The number of hydrogen-bond donors (Lipinski definition) is 1. The van der Waals surface area contributed by atoms with Crippen LogP contribution in [0.15, 0.2) is 0 Å². The molecule has 1 fully saturated rings. The molecule has 2 atom stereocenters. The summed E-state index contributed by atoms with van der Waals surface area (Å²) in [5, 5.41) is 3.48. The van der Waals surface area contributed by atoms with Gasteiger partial charge in [0, 0.05) is 19.3 Å². The SMILES string of the molecule is CCCNC(C)CCCOC1CCOC1. The minimum Gasteiger partial charge on any atom is -0.379 e. The lowest BCUT2D eigenvalue weighted by Crippen LogP contribution is -2.27. The molecular formula is C12H25NO2. The van der Waals surface area contributed by atoms with Gasteiger partial charge in [-0.15, -0.1) is 0 Å². The Balaban J connectivity index is 1.87. The Morgan fingerprint density at radius 1 is 1.53 bits per heavy atom. The third-order valence-corrected chi connectivity index (χ3v) is 2.77. The van der Waals surface area contributed by atoms with E-state index in [-0.39, 0.29) is 0 Å². The van der Waals surface area contributed by atoms with Gasteiger partial charge in [-0.2, -0.15) is 0 Å². The number of nitrogens with one attached hydrogen (secondary N) is 1. The van der Waals surface area contributed by atoms with Crippen molar-refractivity contribution in [3.05, 3.63) is 0 Å². The van der Waals surface area contributed by atoms with Crippen LogP contribution in [0.4, 0.5) is 0 Å². The third-order valence-electron chi connectivity index (χ3n) is 2.77. The number of rotatable bonds is 8. The molecule has 1 aliphatic heterocycles. The van der Waals surface area contributed by atoms with Gasteiger partial charge in [0.2, 0.25) is 0 Å². The lowest BCUT2D eigenvalue weighted by molar-refractivity contribution is 0.0400. The summed E-state index contributed by atoms with van der Waals surface area (Å²) in [5.41, 5.74) is 0. The molecule has 0 bridgehead atoms. The molecule has 0 radical (unpaired) electrons. The highest BCUT2D eigenvalue weighted by molar-refractivity contribution is 4.64. The number of hydrogen-bond acceptors (Lipinski definition) is 3. The fraction of sp³-hybridized carbons (Fsp3) is 1.00. The van der Waals surface area contributed by atoms with Crippen molar-refractivity contribution in [2.24, 2.45) is 0 Å². The fourth-order valence-corrected chi connectivity index (χ4v) is 1.78. The molecule has 0 amide bonds. The second-order valence-corrected chi connectivity index (χ2v) is 4.35. The molecule has 1 rings (SSSR count). The summed E-state index contributed by atoms with van der Waals surface area (Å²) in [5.74, 6) is 0. The molecule has 3 nitrogen and oxygen atoms in total. The standard InChI is InChI=1S/C12H25NO2/c1-3-7-13-11(2)5-4-8-15-12-6-9-14-10-12/h11-13H,3-10H2,1-2H3. The highest BCUT2D eigenvalue weighted by atomic mass is 16.5. The Bertz CT molecular complexity index is 147. The van der Waals surface area contributed by atoms with Crippen LogP contribution in [0.3, 0.4) is 0 Å². The highest BCUT2D eigenvalue weighted by Gasteiger charge is 2.15. The molecule has 1 N–H and O–H groups in total. The minimum absolute atomic E-state index is 0.365. The summed E-state index contributed by atoms with van der Waals surface area (Å²) in [6.45, 7) is 8.12. The van der Waals surface area contributed by atoms with Crippen molar-refractivity contribution in [3.63, 3.8) is 0 Å². The monoisotopic (exact) mass is 215 g/mol. The van der Waals surface area contributed by atoms with Crippen molar-refractivity contribution in [2.75, 3.05) is 26.4 Å². The van der Waals surface area contributed by atoms with E-state index in [9.17, 15) is 0 Å².